The predicted octanol–water partition coefficient (Wildman–Crippen LogP) is 9.44. The number of benzene rings is 1. The van der Waals surface area contributed by atoms with Crippen LogP contribution in [0.25, 0.3) is 11.1 Å². The second-order valence-electron chi connectivity index (χ2n) is 9.94. The first kappa shape index (κ1) is 30.1. The van der Waals surface area contributed by atoms with Crippen molar-refractivity contribution in [2.24, 2.45) is 10.8 Å². The molecule has 0 aromatic heterocycles. The van der Waals surface area contributed by atoms with Crippen molar-refractivity contribution >= 4 is 11.1 Å². The van der Waals surface area contributed by atoms with Crippen LogP contribution < -0.4 is 0 Å². The van der Waals surface area contributed by atoms with Gasteiger partial charge in [-0.25, -0.2) is 0 Å². The van der Waals surface area contributed by atoms with Gasteiger partial charge in [0.05, 0.1) is 0 Å². The summed E-state index contributed by atoms with van der Waals surface area (Å²) in [5.74, 6) is 0. The molecule has 1 atom stereocenters. The topological polar surface area (TPSA) is 3.24 Å². The molecule has 1 unspecified atom stereocenters. The molecule has 0 spiro atoms. The van der Waals surface area contributed by atoms with Gasteiger partial charge in [-0.3, -0.25) is 0 Å². The van der Waals surface area contributed by atoms with Gasteiger partial charge in [0, 0.05) is 12.0 Å². The largest absolute Gasteiger partial charge is 0.305 e. The SMILES string of the molecule is C=C(C)CN(C)C.C=C(C)c1ccc(C2=CCC(C)(CC)/C(=C\CC)C2(C)C)cc1.CC. The minimum Gasteiger partial charge on any atom is -0.305 e. The average Bonchev–Trinajstić information content (AvgIpc) is 2.72. The minimum atomic E-state index is 0.0871. The van der Waals surface area contributed by atoms with Gasteiger partial charge in [-0.15, -0.1) is 0 Å². The summed E-state index contributed by atoms with van der Waals surface area (Å²) in [6, 6.07) is 8.92. The summed E-state index contributed by atoms with van der Waals surface area (Å²) in [6.07, 6.45) is 8.39. The Labute approximate surface area is 201 Å². The van der Waals surface area contributed by atoms with E-state index in [9.17, 15) is 0 Å². The van der Waals surface area contributed by atoms with Gasteiger partial charge in [0.1, 0.15) is 0 Å². The quantitative estimate of drug-likeness (QED) is 0.400. The monoisotopic (exact) mass is 437 g/mol. The highest BCUT2D eigenvalue weighted by atomic mass is 15.0. The van der Waals surface area contributed by atoms with E-state index >= 15 is 0 Å². The van der Waals surface area contributed by atoms with E-state index in [1.54, 1.807) is 5.57 Å². The van der Waals surface area contributed by atoms with Crippen molar-refractivity contribution in [3.8, 4) is 0 Å². The van der Waals surface area contributed by atoms with Crippen LogP contribution in [0.5, 0.6) is 0 Å². The molecule has 0 heterocycles. The van der Waals surface area contributed by atoms with Crippen LogP contribution in [0.2, 0.25) is 0 Å². The molecule has 0 saturated carbocycles. The molecule has 0 radical (unpaired) electrons. The number of likely N-dealkylation sites (N-methyl/N-ethyl adjacent to an activating group) is 1. The van der Waals surface area contributed by atoms with E-state index in [1.165, 1.54) is 28.7 Å². The highest BCUT2D eigenvalue weighted by Gasteiger charge is 2.41. The van der Waals surface area contributed by atoms with Crippen LogP contribution in [0.15, 0.2) is 60.7 Å². The van der Waals surface area contributed by atoms with E-state index in [0.29, 0.717) is 5.41 Å². The van der Waals surface area contributed by atoms with Crippen LogP contribution >= 0.6 is 0 Å². The number of rotatable bonds is 6. The normalized spacial score (nSPS) is 20.5. The maximum Gasteiger partial charge on any atom is 0.0181 e. The molecule has 1 aromatic carbocycles. The van der Waals surface area contributed by atoms with E-state index in [-0.39, 0.29) is 5.41 Å². The molecule has 0 saturated heterocycles. The molecule has 0 N–H and O–H groups in total. The van der Waals surface area contributed by atoms with Gasteiger partial charge >= 0.3 is 0 Å². The lowest BCUT2D eigenvalue weighted by atomic mass is 9.58. The summed E-state index contributed by atoms with van der Waals surface area (Å²) < 4.78 is 0. The number of nitrogens with zero attached hydrogens (tertiary/aromatic N) is 1. The van der Waals surface area contributed by atoms with Crippen molar-refractivity contribution in [2.75, 3.05) is 20.6 Å². The molecule has 0 amide bonds. The second-order valence-corrected chi connectivity index (χ2v) is 9.94. The Morgan fingerprint density at radius 2 is 1.53 bits per heavy atom. The summed E-state index contributed by atoms with van der Waals surface area (Å²) in [4.78, 5) is 2.10. The zero-order valence-corrected chi connectivity index (χ0v) is 23.2. The first-order valence-electron chi connectivity index (χ1n) is 12.4. The lowest BCUT2D eigenvalue weighted by Gasteiger charge is -2.46. The van der Waals surface area contributed by atoms with Crippen LogP contribution in [0, 0.1) is 10.8 Å². The standard InChI is InChI=1S/C23H32.C6H13N.C2H6/c1-8-10-21-22(5,6)20(15-16-23(21,7)9-2)19-13-11-18(12-14-19)17(3)4;1-6(2)5-7(3)4;1-2/h10-15H,3,8-9,16H2,1-2,4-7H3;1,5H2,2-4H3;1-2H3/b21-10-;;. The molecule has 180 valence electrons. The Hall–Kier alpha value is -1.86. The van der Waals surface area contributed by atoms with E-state index in [0.717, 1.165) is 25.0 Å². The predicted molar refractivity (Wildman–Crippen MR) is 149 cm³/mol. The summed E-state index contributed by atoms with van der Waals surface area (Å²) in [5, 5.41) is 0. The molecule has 0 fully saturated rings. The Morgan fingerprint density at radius 3 is 1.88 bits per heavy atom. The molecular weight excluding hydrogens is 386 g/mol. The van der Waals surface area contributed by atoms with Gasteiger partial charge in [-0.1, -0.05) is 115 Å². The highest BCUT2D eigenvalue weighted by molar-refractivity contribution is 5.76. The lowest BCUT2D eigenvalue weighted by Crippen LogP contribution is -2.33. The molecule has 1 aliphatic rings. The molecule has 1 heteroatoms. The Kier molecular flexibility index (Phi) is 12.8. The van der Waals surface area contributed by atoms with E-state index < -0.39 is 0 Å². The lowest BCUT2D eigenvalue weighted by molar-refractivity contribution is 0.310. The maximum absolute atomic E-state index is 4.04. The van der Waals surface area contributed by atoms with Crippen molar-refractivity contribution in [3.63, 3.8) is 0 Å². The van der Waals surface area contributed by atoms with Gasteiger partial charge in [-0.2, -0.15) is 0 Å². The van der Waals surface area contributed by atoms with Crippen LogP contribution in [0.4, 0.5) is 0 Å². The van der Waals surface area contributed by atoms with E-state index in [2.05, 4.69) is 96.0 Å². The van der Waals surface area contributed by atoms with Crippen LogP contribution in [-0.2, 0) is 0 Å². The first-order chi connectivity index (χ1) is 14.9. The highest BCUT2D eigenvalue weighted by Crippen LogP contribution is 2.55. The Balaban J connectivity index is 0.000000911. The fraction of sp³-hybridized carbons (Fsp3) is 0.548. The smallest absolute Gasteiger partial charge is 0.0181 e. The van der Waals surface area contributed by atoms with Gasteiger partial charge in [0.15, 0.2) is 0 Å². The molecule has 1 aliphatic carbocycles. The van der Waals surface area contributed by atoms with Crippen molar-refractivity contribution < 1.29 is 0 Å². The first-order valence-corrected chi connectivity index (χ1v) is 12.4. The number of allylic oxidation sites excluding steroid dienone is 5. The van der Waals surface area contributed by atoms with E-state index in [1.807, 2.05) is 34.9 Å². The minimum absolute atomic E-state index is 0.0871. The van der Waals surface area contributed by atoms with E-state index in [4.69, 9.17) is 0 Å². The summed E-state index contributed by atoms with van der Waals surface area (Å²) in [7, 11) is 4.07. The molecule has 1 aromatic rings. The summed E-state index contributed by atoms with van der Waals surface area (Å²) in [6.45, 7) is 28.7. The van der Waals surface area contributed by atoms with Gasteiger partial charge in [0.25, 0.3) is 0 Å². The molecule has 0 aliphatic heterocycles. The zero-order valence-electron chi connectivity index (χ0n) is 23.2. The molecule has 0 bridgehead atoms. The number of hydrogen-bond donors (Lipinski definition) is 0. The molecule has 1 nitrogen and oxygen atoms in total. The third kappa shape index (κ3) is 8.24. The second kappa shape index (κ2) is 13.6. The van der Waals surface area contributed by atoms with Crippen LogP contribution in [0.1, 0.15) is 92.7 Å². The molecule has 32 heavy (non-hydrogen) atoms. The summed E-state index contributed by atoms with van der Waals surface area (Å²) >= 11 is 0. The van der Waals surface area contributed by atoms with Gasteiger partial charge in [0.2, 0.25) is 0 Å². The van der Waals surface area contributed by atoms with Crippen molar-refractivity contribution in [1.82, 2.24) is 4.90 Å². The maximum atomic E-state index is 4.04. The van der Waals surface area contributed by atoms with Crippen molar-refractivity contribution in [1.29, 1.82) is 0 Å². The zero-order chi connectivity index (χ0) is 25.1. The molecule has 2 rings (SSSR count). The van der Waals surface area contributed by atoms with Crippen molar-refractivity contribution in [3.05, 3.63) is 71.8 Å². The van der Waals surface area contributed by atoms with Gasteiger partial charge < -0.3 is 4.90 Å². The third-order valence-electron chi connectivity index (χ3n) is 6.22. The van der Waals surface area contributed by atoms with Crippen LogP contribution in [-0.4, -0.2) is 25.5 Å². The van der Waals surface area contributed by atoms with Crippen molar-refractivity contribution in [2.45, 2.75) is 81.6 Å². The van der Waals surface area contributed by atoms with Crippen LogP contribution in [0.3, 0.4) is 0 Å². The molecular formula is C31H51N. The Morgan fingerprint density at radius 1 is 1.00 bits per heavy atom. The Bertz CT molecular complexity index is 786. The summed E-state index contributed by atoms with van der Waals surface area (Å²) in [5.41, 5.74) is 8.37. The fourth-order valence-electron chi connectivity index (χ4n) is 4.59. The third-order valence-corrected chi connectivity index (χ3v) is 6.22. The number of hydrogen-bond acceptors (Lipinski definition) is 1. The fourth-order valence-corrected chi connectivity index (χ4v) is 4.59. The van der Waals surface area contributed by atoms with Gasteiger partial charge in [-0.05, 0) is 69.3 Å². The average molecular weight is 438 g/mol.